The fraction of sp³-hybridized carbons (Fsp3) is 0.0588. The van der Waals surface area contributed by atoms with Crippen molar-refractivity contribution in [2.24, 2.45) is 0 Å². The molecule has 4 nitrogen and oxygen atoms in total. The minimum absolute atomic E-state index is 0.165. The Bertz CT molecular complexity index is 783. The third-order valence-electron chi connectivity index (χ3n) is 3.21. The summed E-state index contributed by atoms with van der Waals surface area (Å²) in [6, 6.07) is 17.1. The predicted molar refractivity (Wildman–Crippen MR) is 86.2 cm³/mol. The lowest BCUT2D eigenvalue weighted by Crippen LogP contribution is -2.22. The second-order valence-electron chi connectivity index (χ2n) is 4.82. The van der Waals surface area contributed by atoms with Gasteiger partial charge in [-0.3, -0.25) is 4.79 Å². The zero-order chi connectivity index (χ0) is 15.4. The van der Waals surface area contributed by atoms with Gasteiger partial charge in [0.2, 0.25) is 0 Å². The Morgan fingerprint density at radius 1 is 1.14 bits per heavy atom. The Morgan fingerprint density at radius 2 is 1.95 bits per heavy atom. The fourth-order valence-corrected chi connectivity index (χ4v) is 2.31. The SMILES string of the molecule is O=C(NCc1cccc(Cl)c1)c1cnn(-c2ccccc2)c1. The zero-order valence-electron chi connectivity index (χ0n) is 11.7. The molecule has 3 aromatic rings. The van der Waals surface area contributed by atoms with Gasteiger partial charge in [-0.15, -0.1) is 0 Å². The number of amides is 1. The predicted octanol–water partition coefficient (Wildman–Crippen LogP) is 3.46. The zero-order valence-corrected chi connectivity index (χ0v) is 12.5. The van der Waals surface area contributed by atoms with Crippen LogP contribution < -0.4 is 5.32 Å². The molecule has 0 aliphatic carbocycles. The van der Waals surface area contributed by atoms with E-state index in [9.17, 15) is 4.79 Å². The lowest BCUT2D eigenvalue weighted by atomic mass is 10.2. The van der Waals surface area contributed by atoms with E-state index in [0.29, 0.717) is 17.1 Å². The van der Waals surface area contributed by atoms with E-state index in [1.54, 1.807) is 23.1 Å². The van der Waals surface area contributed by atoms with Crippen LogP contribution in [0.15, 0.2) is 67.0 Å². The van der Waals surface area contributed by atoms with Crippen LogP contribution in [-0.4, -0.2) is 15.7 Å². The molecule has 0 bridgehead atoms. The normalized spacial score (nSPS) is 10.4. The van der Waals surface area contributed by atoms with E-state index in [-0.39, 0.29) is 5.91 Å². The minimum Gasteiger partial charge on any atom is -0.348 e. The highest BCUT2D eigenvalue weighted by molar-refractivity contribution is 6.30. The minimum atomic E-state index is -0.165. The van der Waals surface area contributed by atoms with Crippen LogP contribution in [0.1, 0.15) is 15.9 Å². The monoisotopic (exact) mass is 311 g/mol. The molecule has 110 valence electrons. The van der Waals surface area contributed by atoms with Crippen LogP contribution in [0, 0.1) is 0 Å². The number of nitrogens with zero attached hydrogens (tertiary/aromatic N) is 2. The van der Waals surface area contributed by atoms with Crippen LogP contribution in [-0.2, 0) is 6.54 Å². The number of carbonyl (C=O) groups excluding carboxylic acids is 1. The van der Waals surface area contributed by atoms with Crippen molar-refractivity contribution >= 4 is 17.5 Å². The summed E-state index contributed by atoms with van der Waals surface area (Å²) in [6.07, 6.45) is 3.27. The number of rotatable bonds is 4. The van der Waals surface area contributed by atoms with Crippen molar-refractivity contribution in [3.63, 3.8) is 0 Å². The number of aromatic nitrogens is 2. The smallest absolute Gasteiger partial charge is 0.254 e. The first kappa shape index (κ1) is 14.4. The molecule has 0 radical (unpaired) electrons. The van der Waals surface area contributed by atoms with Crippen molar-refractivity contribution in [1.82, 2.24) is 15.1 Å². The summed E-state index contributed by atoms with van der Waals surface area (Å²) in [6.45, 7) is 0.426. The maximum atomic E-state index is 12.2. The number of carbonyl (C=O) groups is 1. The summed E-state index contributed by atoms with van der Waals surface area (Å²) in [4.78, 5) is 12.2. The average Bonchev–Trinajstić information content (AvgIpc) is 3.04. The molecule has 0 saturated heterocycles. The standard InChI is InChI=1S/C17H14ClN3O/c18-15-6-4-5-13(9-15)10-19-17(22)14-11-20-21(12-14)16-7-2-1-3-8-16/h1-9,11-12H,10H2,(H,19,22). The number of nitrogens with one attached hydrogen (secondary N) is 1. The molecule has 0 aliphatic heterocycles. The molecule has 0 fully saturated rings. The third-order valence-corrected chi connectivity index (χ3v) is 3.44. The van der Waals surface area contributed by atoms with Crippen LogP contribution in [0.4, 0.5) is 0 Å². The van der Waals surface area contributed by atoms with E-state index >= 15 is 0 Å². The van der Waals surface area contributed by atoms with Gasteiger partial charge in [-0.2, -0.15) is 5.10 Å². The van der Waals surface area contributed by atoms with Gasteiger partial charge >= 0.3 is 0 Å². The van der Waals surface area contributed by atoms with E-state index in [1.807, 2.05) is 48.5 Å². The van der Waals surface area contributed by atoms with Crippen molar-refractivity contribution in [3.05, 3.63) is 83.1 Å². The first-order valence-corrected chi connectivity index (χ1v) is 7.23. The van der Waals surface area contributed by atoms with E-state index in [2.05, 4.69) is 10.4 Å². The number of hydrogen-bond donors (Lipinski definition) is 1. The Morgan fingerprint density at radius 3 is 2.73 bits per heavy atom. The average molecular weight is 312 g/mol. The summed E-state index contributed by atoms with van der Waals surface area (Å²) in [5, 5.41) is 7.72. The molecule has 1 aromatic heterocycles. The lowest BCUT2D eigenvalue weighted by molar-refractivity contribution is 0.0951. The third kappa shape index (κ3) is 3.35. The van der Waals surface area contributed by atoms with Gasteiger partial charge < -0.3 is 5.32 Å². The van der Waals surface area contributed by atoms with Crippen molar-refractivity contribution in [2.75, 3.05) is 0 Å². The van der Waals surface area contributed by atoms with Gasteiger partial charge in [0.15, 0.2) is 0 Å². The molecule has 5 heteroatoms. The fourth-order valence-electron chi connectivity index (χ4n) is 2.09. The molecular formula is C17H14ClN3O. The summed E-state index contributed by atoms with van der Waals surface area (Å²) >= 11 is 5.92. The van der Waals surface area contributed by atoms with E-state index in [4.69, 9.17) is 11.6 Å². The first-order valence-electron chi connectivity index (χ1n) is 6.85. The van der Waals surface area contributed by atoms with E-state index < -0.39 is 0 Å². The van der Waals surface area contributed by atoms with Gasteiger partial charge in [0.25, 0.3) is 5.91 Å². The molecule has 0 unspecified atom stereocenters. The Hall–Kier alpha value is -2.59. The highest BCUT2D eigenvalue weighted by atomic mass is 35.5. The van der Waals surface area contributed by atoms with Gasteiger partial charge in [-0.1, -0.05) is 41.9 Å². The Balaban J connectivity index is 1.67. The molecule has 0 atom stereocenters. The molecule has 1 amide bonds. The summed E-state index contributed by atoms with van der Waals surface area (Å²) in [7, 11) is 0. The molecule has 1 heterocycles. The number of para-hydroxylation sites is 1. The highest BCUT2D eigenvalue weighted by Gasteiger charge is 2.09. The summed E-state index contributed by atoms with van der Waals surface area (Å²) in [5.74, 6) is -0.165. The van der Waals surface area contributed by atoms with Gasteiger partial charge in [0.1, 0.15) is 0 Å². The van der Waals surface area contributed by atoms with Crippen LogP contribution >= 0.6 is 11.6 Å². The molecule has 22 heavy (non-hydrogen) atoms. The quantitative estimate of drug-likeness (QED) is 0.802. The van der Waals surface area contributed by atoms with Gasteiger partial charge in [-0.05, 0) is 29.8 Å². The van der Waals surface area contributed by atoms with Gasteiger partial charge in [-0.25, -0.2) is 4.68 Å². The molecule has 1 N–H and O–H groups in total. The largest absolute Gasteiger partial charge is 0.348 e. The van der Waals surface area contributed by atoms with Crippen molar-refractivity contribution in [1.29, 1.82) is 0 Å². The van der Waals surface area contributed by atoms with Crippen LogP contribution in [0.5, 0.6) is 0 Å². The number of benzene rings is 2. The summed E-state index contributed by atoms with van der Waals surface area (Å²) < 4.78 is 1.67. The summed E-state index contributed by atoms with van der Waals surface area (Å²) in [5.41, 5.74) is 2.39. The van der Waals surface area contributed by atoms with Crippen molar-refractivity contribution in [3.8, 4) is 5.69 Å². The molecule has 0 saturated carbocycles. The molecule has 0 spiro atoms. The second-order valence-corrected chi connectivity index (χ2v) is 5.26. The van der Waals surface area contributed by atoms with Crippen LogP contribution in [0.2, 0.25) is 5.02 Å². The van der Waals surface area contributed by atoms with Crippen LogP contribution in [0.25, 0.3) is 5.69 Å². The second kappa shape index (κ2) is 6.45. The Labute approximate surface area is 133 Å². The lowest BCUT2D eigenvalue weighted by Gasteiger charge is -2.04. The Kier molecular flexibility index (Phi) is 4.21. The topological polar surface area (TPSA) is 46.9 Å². The van der Waals surface area contributed by atoms with Gasteiger partial charge in [0, 0.05) is 17.8 Å². The maximum Gasteiger partial charge on any atom is 0.254 e. The maximum absolute atomic E-state index is 12.2. The number of hydrogen-bond acceptors (Lipinski definition) is 2. The molecule has 2 aromatic carbocycles. The first-order chi connectivity index (χ1) is 10.7. The highest BCUT2D eigenvalue weighted by Crippen LogP contribution is 2.11. The molecule has 3 rings (SSSR count). The molecule has 0 aliphatic rings. The van der Waals surface area contributed by atoms with E-state index in [0.717, 1.165) is 11.3 Å². The van der Waals surface area contributed by atoms with Crippen molar-refractivity contribution < 1.29 is 4.79 Å². The van der Waals surface area contributed by atoms with Crippen LogP contribution in [0.3, 0.4) is 0 Å². The van der Waals surface area contributed by atoms with E-state index in [1.165, 1.54) is 0 Å². The number of halogens is 1. The molecular weight excluding hydrogens is 298 g/mol. The van der Waals surface area contributed by atoms with Gasteiger partial charge in [0.05, 0.1) is 17.4 Å². The van der Waals surface area contributed by atoms with Crippen molar-refractivity contribution in [2.45, 2.75) is 6.54 Å².